The minimum absolute atomic E-state index is 0.0718. The molecule has 0 aliphatic carbocycles. The summed E-state index contributed by atoms with van der Waals surface area (Å²) in [6.07, 6.45) is 0. The lowest BCUT2D eigenvalue weighted by atomic mass is 10.1. The van der Waals surface area contributed by atoms with Crippen molar-refractivity contribution in [2.75, 3.05) is 0 Å². The van der Waals surface area contributed by atoms with Crippen LogP contribution >= 0.6 is 0 Å². The quantitative estimate of drug-likeness (QED) is 0.509. The number of nitrogens with two attached hydrogens (primary N) is 1. The van der Waals surface area contributed by atoms with E-state index in [1.54, 1.807) is 0 Å². The Morgan fingerprint density at radius 1 is 1.64 bits per heavy atom. The molecule has 0 aromatic heterocycles. The predicted octanol–water partition coefficient (Wildman–Crippen LogP) is 0.0788. The van der Waals surface area contributed by atoms with E-state index in [0.29, 0.717) is 5.84 Å². The summed E-state index contributed by atoms with van der Waals surface area (Å²) in [5.41, 5.74) is 5.78. The zero-order valence-electron chi connectivity index (χ0n) is 6.46. The number of hydrogen-bond donors (Lipinski definition) is 2. The molecule has 1 heterocycles. The highest BCUT2D eigenvalue weighted by Gasteiger charge is 2.19. The Morgan fingerprint density at radius 3 is 2.64 bits per heavy atom. The Labute approximate surface area is 64.4 Å². The third-order valence-electron chi connectivity index (χ3n) is 1.60. The SMILES string of the molecule is CC1=NN=C(NC(N)=O)C1C. The Kier molecular flexibility index (Phi) is 1.89. The van der Waals surface area contributed by atoms with Crippen LogP contribution < -0.4 is 11.1 Å². The van der Waals surface area contributed by atoms with Crippen molar-refractivity contribution in [1.82, 2.24) is 5.32 Å². The molecular weight excluding hydrogens is 144 g/mol. The summed E-state index contributed by atoms with van der Waals surface area (Å²) < 4.78 is 0. The summed E-state index contributed by atoms with van der Waals surface area (Å²) in [5, 5.41) is 9.91. The van der Waals surface area contributed by atoms with Crippen LogP contribution in [-0.4, -0.2) is 17.6 Å². The van der Waals surface area contributed by atoms with Gasteiger partial charge in [-0.3, -0.25) is 5.32 Å². The monoisotopic (exact) mass is 154 g/mol. The average molecular weight is 154 g/mol. The zero-order valence-corrected chi connectivity index (χ0v) is 6.46. The van der Waals surface area contributed by atoms with Crippen molar-refractivity contribution in [3.05, 3.63) is 0 Å². The molecule has 5 heteroatoms. The second-order valence-corrected chi connectivity index (χ2v) is 2.44. The first kappa shape index (κ1) is 7.71. The summed E-state index contributed by atoms with van der Waals surface area (Å²) in [6.45, 7) is 3.75. The molecule has 0 saturated carbocycles. The Morgan fingerprint density at radius 2 is 2.27 bits per heavy atom. The lowest BCUT2D eigenvalue weighted by Crippen LogP contribution is -2.38. The minimum atomic E-state index is -0.597. The third kappa shape index (κ3) is 1.54. The molecule has 2 amide bonds. The van der Waals surface area contributed by atoms with Crippen LogP contribution in [0.2, 0.25) is 0 Å². The van der Waals surface area contributed by atoms with E-state index in [9.17, 15) is 4.79 Å². The maximum atomic E-state index is 10.4. The van der Waals surface area contributed by atoms with Crippen molar-refractivity contribution in [2.24, 2.45) is 21.9 Å². The van der Waals surface area contributed by atoms with Gasteiger partial charge in [-0.1, -0.05) is 0 Å². The van der Waals surface area contributed by atoms with Crippen LogP contribution in [0.1, 0.15) is 13.8 Å². The smallest absolute Gasteiger partial charge is 0.317 e. The first-order valence-corrected chi connectivity index (χ1v) is 3.29. The number of rotatable bonds is 0. The first-order chi connectivity index (χ1) is 5.11. The van der Waals surface area contributed by atoms with E-state index in [1.165, 1.54) is 0 Å². The molecule has 1 unspecified atom stereocenters. The normalized spacial score (nSPS) is 22.5. The molecule has 3 N–H and O–H groups in total. The lowest BCUT2D eigenvalue weighted by Gasteiger charge is -2.05. The Hall–Kier alpha value is -1.39. The van der Waals surface area contributed by atoms with Crippen LogP contribution in [0.4, 0.5) is 4.79 Å². The van der Waals surface area contributed by atoms with Gasteiger partial charge in [-0.25, -0.2) is 4.79 Å². The highest BCUT2D eigenvalue weighted by atomic mass is 16.2. The number of nitrogens with zero attached hydrogens (tertiary/aromatic N) is 2. The van der Waals surface area contributed by atoms with Gasteiger partial charge in [0.15, 0.2) is 0 Å². The number of nitrogens with one attached hydrogen (secondary N) is 1. The molecule has 60 valence electrons. The molecular formula is C6H10N4O. The summed E-state index contributed by atoms with van der Waals surface area (Å²) >= 11 is 0. The minimum Gasteiger partial charge on any atom is -0.351 e. The predicted molar refractivity (Wildman–Crippen MR) is 42.4 cm³/mol. The van der Waals surface area contributed by atoms with Gasteiger partial charge in [-0.2, -0.15) is 5.10 Å². The third-order valence-corrected chi connectivity index (χ3v) is 1.60. The number of urea groups is 1. The van der Waals surface area contributed by atoms with Gasteiger partial charge in [0.2, 0.25) is 0 Å². The van der Waals surface area contributed by atoms with Gasteiger partial charge in [0.05, 0.1) is 5.92 Å². The number of carbonyl (C=O) groups is 1. The molecule has 1 rings (SSSR count). The fourth-order valence-electron chi connectivity index (χ4n) is 0.763. The van der Waals surface area contributed by atoms with Crippen LogP contribution in [0.15, 0.2) is 10.2 Å². The van der Waals surface area contributed by atoms with Gasteiger partial charge in [-0.15, -0.1) is 5.10 Å². The van der Waals surface area contributed by atoms with Crippen molar-refractivity contribution >= 4 is 17.6 Å². The number of amidine groups is 1. The van der Waals surface area contributed by atoms with E-state index in [-0.39, 0.29) is 5.92 Å². The molecule has 0 fully saturated rings. The van der Waals surface area contributed by atoms with Crippen molar-refractivity contribution < 1.29 is 4.79 Å². The van der Waals surface area contributed by atoms with Gasteiger partial charge in [0.1, 0.15) is 5.84 Å². The highest BCUT2D eigenvalue weighted by Crippen LogP contribution is 2.07. The fraction of sp³-hybridized carbons (Fsp3) is 0.500. The second-order valence-electron chi connectivity index (χ2n) is 2.44. The number of amides is 2. The summed E-state index contributed by atoms with van der Waals surface area (Å²) in [7, 11) is 0. The molecule has 0 saturated heterocycles. The number of carbonyl (C=O) groups excluding carboxylic acids is 1. The average Bonchev–Trinajstić information content (AvgIpc) is 2.18. The van der Waals surface area contributed by atoms with Crippen LogP contribution in [0, 0.1) is 5.92 Å². The highest BCUT2D eigenvalue weighted by molar-refractivity contribution is 6.12. The van der Waals surface area contributed by atoms with E-state index < -0.39 is 6.03 Å². The molecule has 0 aromatic rings. The van der Waals surface area contributed by atoms with Crippen LogP contribution in [0.25, 0.3) is 0 Å². The van der Waals surface area contributed by atoms with Crippen molar-refractivity contribution in [2.45, 2.75) is 13.8 Å². The molecule has 5 nitrogen and oxygen atoms in total. The van der Waals surface area contributed by atoms with E-state index in [1.807, 2.05) is 13.8 Å². The van der Waals surface area contributed by atoms with Gasteiger partial charge in [-0.05, 0) is 13.8 Å². The van der Waals surface area contributed by atoms with E-state index in [0.717, 1.165) is 5.71 Å². The zero-order chi connectivity index (χ0) is 8.43. The molecule has 0 bridgehead atoms. The van der Waals surface area contributed by atoms with Gasteiger partial charge in [0.25, 0.3) is 0 Å². The van der Waals surface area contributed by atoms with Crippen molar-refractivity contribution in [3.8, 4) is 0 Å². The summed E-state index contributed by atoms with van der Waals surface area (Å²) in [5.74, 6) is 0.595. The Balaban J connectivity index is 2.59. The molecule has 0 spiro atoms. The van der Waals surface area contributed by atoms with Crippen LogP contribution in [0.5, 0.6) is 0 Å². The fourth-order valence-corrected chi connectivity index (χ4v) is 0.763. The van der Waals surface area contributed by atoms with E-state index >= 15 is 0 Å². The van der Waals surface area contributed by atoms with Crippen molar-refractivity contribution in [3.63, 3.8) is 0 Å². The maximum absolute atomic E-state index is 10.4. The molecule has 1 atom stereocenters. The van der Waals surface area contributed by atoms with E-state index in [2.05, 4.69) is 15.5 Å². The maximum Gasteiger partial charge on any atom is 0.317 e. The summed E-state index contributed by atoms with van der Waals surface area (Å²) in [6, 6.07) is -0.597. The molecule has 1 aliphatic heterocycles. The standard InChI is InChI=1S/C6H10N4O/c1-3-4(2)9-10-5(3)8-6(7)11/h3H,1-2H3,(H3,7,8,10,11). The number of primary amides is 1. The molecule has 11 heavy (non-hydrogen) atoms. The van der Waals surface area contributed by atoms with Gasteiger partial charge < -0.3 is 5.73 Å². The van der Waals surface area contributed by atoms with E-state index in [4.69, 9.17) is 5.73 Å². The largest absolute Gasteiger partial charge is 0.351 e. The van der Waals surface area contributed by atoms with Crippen LogP contribution in [0.3, 0.4) is 0 Å². The second kappa shape index (κ2) is 2.69. The summed E-state index contributed by atoms with van der Waals surface area (Å²) in [4.78, 5) is 10.4. The first-order valence-electron chi connectivity index (χ1n) is 3.29. The molecule has 0 aromatic carbocycles. The van der Waals surface area contributed by atoms with Gasteiger partial charge in [0, 0.05) is 5.71 Å². The molecule has 0 radical (unpaired) electrons. The molecule has 1 aliphatic rings. The van der Waals surface area contributed by atoms with Crippen molar-refractivity contribution in [1.29, 1.82) is 0 Å². The van der Waals surface area contributed by atoms with Crippen LogP contribution in [-0.2, 0) is 0 Å². The lowest BCUT2D eigenvalue weighted by molar-refractivity contribution is 0.253. The number of hydrogen-bond acceptors (Lipinski definition) is 3. The topological polar surface area (TPSA) is 79.8 Å². The Bertz CT molecular complexity index is 243. The van der Waals surface area contributed by atoms with Gasteiger partial charge >= 0.3 is 6.03 Å².